The van der Waals surface area contributed by atoms with Gasteiger partial charge in [0.25, 0.3) is 0 Å². The third kappa shape index (κ3) is 1.50. The van der Waals surface area contributed by atoms with E-state index < -0.39 is 0 Å². The molecule has 0 atom stereocenters. The van der Waals surface area contributed by atoms with Gasteiger partial charge in [-0.2, -0.15) is 0 Å². The van der Waals surface area contributed by atoms with E-state index in [1.165, 1.54) is 11.3 Å². The van der Waals surface area contributed by atoms with Crippen LogP contribution in [0.2, 0.25) is 0 Å². The fraction of sp³-hybridized carbons (Fsp3) is 0.200. The Balaban J connectivity index is 2.85. The van der Waals surface area contributed by atoms with Gasteiger partial charge in [-0.3, -0.25) is 0 Å². The summed E-state index contributed by atoms with van der Waals surface area (Å²) >= 11 is 1.38. The first-order valence-electron chi connectivity index (χ1n) is 2.54. The van der Waals surface area contributed by atoms with Crippen LogP contribution in [0.5, 0.6) is 0 Å². The van der Waals surface area contributed by atoms with Crippen LogP contribution in [0.25, 0.3) is 6.08 Å². The fourth-order valence-electron chi connectivity index (χ4n) is 0.456. The highest BCUT2D eigenvalue weighted by Gasteiger charge is 1.92. The van der Waals surface area contributed by atoms with Gasteiger partial charge in [0.05, 0.1) is 0 Å². The average molecular weight is 141 g/mol. The van der Waals surface area contributed by atoms with Crippen LogP contribution in [0.4, 0.5) is 5.13 Å². The highest BCUT2D eigenvalue weighted by Crippen LogP contribution is 2.11. The molecule has 0 amide bonds. The molecule has 48 valence electrons. The molecule has 1 rings (SSSR count). The zero-order valence-corrected chi connectivity index (χ0v) is 5.85. The SMILES string of the molecule is C/C=C/c1nnc(N)s1. The van der Waals surface area contributed by atoms with E-state index in [1.807, 2.05) is 19.1 Å². The number of allylic oxidation sites excluding steroid dienone is 1. The maximum atomic E-state index is 5.32. The monoisotopic (exact) mass is 141 g/mol. The molecule has 0 aliphatic rings. The molecule has 0 unspecified atom stereocenters. The van der Waals surface area contributed by atoms with Crippen molar-refractivity contribution in [3.05, 3.63) is 11.1 Å². The molecule has 0 aromatic carbocycles. The maximum absolute atomic E-state index is 5.32. The molecular formula is C5H7N3S. The van der Waals surface area contributed by atoms with Gasteiger partial charge in [-0.25, -0.2) is 0 Å². The summed E-state index contributed by atoms with van der Waals surface area (Å²) in [5.41, 5.74) is 5.32. The van der Waals surface area contributed by atoms with Crippen LogP contribution in [0, 0.1) is 0 Å². The third-order valence-electron chi connectivity index (χ3n) is 0.766. The molecule has 0 radical (unpaired) electrons. The normalized spacial score (nSPS) is 10.8. The number of aromatic nitrogens is 2. The van der Waals surface area contributed by atoms with Gasteiger partial charge in [-0.1, -0.05) is 17.4 Å². The molecule has 0 aliphatic heterocycles. The smallest absolute Gasteiger partial charge is 0.203 e. The quantitative estimate of drug-likeness (QED) is 0.638. The van der Waals surface area contributed by atoms with E-state index in [1.54, 1.807) is 0 Å². The predicted molar refractivity (Wildman–Crippen MR) is 39.0 cm³/mol. The van der Waals surface area contributed by atoms with Crippen molar-refractivity contribution >= 4 is 22.5 Å². The minimum absolute atomic E-state index is 0.517. The lowest BCUT2D eigenvalue weighted by Gasteiger charge is -1.72. The van der Waals surface area contributed by atoms with Gasteiger partial charge in [0.1, 0.15) is 5.01 Å². The lowest BCUT2D eigenvalue weighted by molar-refractivity contribution is 1.09. The highest BCUT2D eigenvalue weighted by atomic mass is 32.1. The molecule has 4 heteroatoms. The number of anilines is 1. The molecule has 1 aromatic rings. The Morgan fingerprint density at radius 1 is 1.56 bits per heavy atom. The molecule has 0 saturated carbocycles. The van der Waals surface area contributed by atoms with Crippen molar-refractivity contribution in [2.24, 2.45) is 0 Å². The van der Waals surface area contributed by atoms with Gasteiger partial charge in [0.2, 0.25) is 5.13 Å². The van der Waals surface area contributed by atoms with Crippen LogP contribution in [0.3, 0.4) is 0 Å². The molecule has 0 spiro atoms. The van der Waals surface area contributed by atoms with Crippen molar-refractivity contribution in [2.45, 2.75) is 6.92 Å². The van der Waals surface area contributed by atoms with Crippen molar-refractivity contribution < 1.29 is 0 Å². The summed E-state index contributed by atoms with van der Waals surface area (Å²) in [6.07, 6.45) is 3.77. The molecule has 0 bridgehead atoms. The van der Waals surface area contributed by atoms with Crippen LogP contribution in [0.1, 0.15) is 11.9 Å². The summed E-state index contributed by atoms with van der Waals surface area (Å²) in [4.78, 5) is 0. The van der Waals surface area contributed by atoms with Crippen molar-refractivity contribution in [1.29, 1.82) is 0 Å². The zero-order valence-electron chi connectivity index (χ0n) is 5.03. The molecule has 0 fully saturated rings. The van der Waals surface area contributed by atoms with E-state index in [-0.39, 0.29) is 0 Å². The Morgan fingerprint density at radius 3 is 2.78 bits per heavy atom. The van der Waals surface area contributed by atoms with E-state index in [0.29, 0.717) is 5.13 Å². The molecule has 0 aliphatic carbocycles. The lowest BCUT2D eigenvalue weighted by atomic mass is 10.6. The number of hydrogen-bond donors (Lipinski definition) is 1. The third-order valence-corrected chi connectivity index (χ3v) is 1.48. The average Bonchev–Trinajstić information content (AvgIpc) is 2.17. The second-order valence-corrected chi connectivity index (χ2v) is 2.52. The van der Waals surface area contributed by atoms with Crippen molar-refractivity contribution in [3.63, 3.8) is 0 Å². The van der Waals surface area contributed by atoms with E-state index in [9.17, 15) is 0 Å². The maximum Gasteiger partial charge on any atom is 0.203 e. The number of nitrogens with zero attached hydrogens (tertiary/aromatic N) is 2. The molecule has 3 nitrogen and oxygen atoms in total. The fourth-order valence-corrected chi connectivity index (χ4v) is 1.04. The van der Waals surface area contributed by atoms with E-state index >= 15 is 0 Å². The highest BCUT2D eigenvalue weighted by molar-refractivity contribution is 7.15. The summed E-state index contributed by atoms with van der Waals surface area (Å²) in [6.45, 7) is 1.93. The summed E-state index contributed by atoms with van der Waals surface area (Å²) in [7, 11) is 0. The van der Waals surface area contributed by atoms with Crippen LogP contribution < -0.4 is 5.73 Å². The van der Waals surface area contributed by atoms with Crippen LogP contribution in [0.15, 0.2) is 6.08 Å². The standard InChI is InChI=1S/C5H7N3S/c1-2-3-4-7-8-5(6)9-4/h2-3H,1H3,(H2,6,8)/b3-2+. The van der Waals surface area contributed by atoms with Gasteiger partial charge in [0, 0.05) is 0 Å². The Hall–Kier alpha value is -0.900. The zero-order chi connectivity index (χ0) is 6.69. The Labute approximate surface area is 57.2 Å². The van der Waals surface area contributed by atoms with Gasteiger partial charge < -0.3 is 5.73 Å². The molecule has 1 aromatic heterocycles. The van der Waals surface area contributed by atoms with Crippen molar-refractivity contribution in [1.82, 2.24) is 10.2 Å². The van der Waals surface area contributed by atoms with Gasteiger partial charge in [-0.05, 0) is 13.0 Å². The second kappa shape index (κ2) is 2.59. The summed E-state index contributed by atoms with van der Waals surface area (Å²) in [5.74, 6) is 0. The van der Waals surface area contributed by atoms with Gasteiger partial charge in [-0.15, -0.1) is 10.2 Å². The Bertz CT molecular complexity index is 216. The predicted octanol–water partition coefficient (Wildman–Crippen LogP) is 1.15. The first-order chi connectivity index (χ1) is 4.33. The Morgan fingerprint density at radius 2 is 2.33 bits per heavy atom. The number of nitrogens with two attached hydrogens (primary N) is 1. The van der Waals surface area contributed by atoms with E-state index in [2.05, 4.69) is 10.2 Å². The molecular weight excluding hydrogens is 134 g/mol. The topological polar surface area (TPSA) is 51.8 Å². The van der Waals surface area contributed by atoms with Crippen LogP contribution in [-0.2, 0) is 0 Å². The first-order valence-corrected chi connectivity index (χ1v) is 3.36. The molecule has 0 saturated heterocycles. The van der Waals surface area contributed by atoms with Gasteiger partial charge >= 0.3 is 0 Å². The first kappa shape index (κ1) is 6.22. The van der Waals surface area contributed by atoms with Crippen LogP contribution in [-0.4, -0.2) is 10.2 Å². The molecule has 9 heavy (non-hydrogen) atoms. The summed E-state index contributed by atoms with van der Waals surface area (Å²) < 4.78 is 0. The van der Waals surface area contributed by atoms with E-state index in [4.69, 9.17) is 5.73 Å². The lowest BCUT2D eigenvalue weighted by Crippen LogP contribution is -1.79. The van der Waals surface area contributed by atoms with Crippen molar-refractivity contribution in [2.75, 3.05) is 5.73 Å². The largest absolute Gasteiger partial charge is 0.374 e. The van der Waals surface area contributed by atoms with Gasteiger partial charge in [0.15, 0.2) is 0 Å². The minimum Gasteiger partial charge on any atom is -0.374 e. The number of rotatable bonds is 1. The summed E-state index contributed by atoms with van der Waals surface area (Å²) in [6, 6.07) is 0. The molecule has 1 heterocycles. The van der Waals surface area contributed by atoms with Crippen LogP contribution >= 0.6 is 11.3 Å². The molecule has 2 N–H and O–H groups in total. The van der Waals surface area contributed by atoms with Crippen molar-refractivity contribution in [3.8, 4) is 0 Å². The second-order valence-electron chi connectivity index (χ2n) is 1.48. The van der Waals surface area contributed by atoms with E-state index in [0.717, 1.165) is 5.01 Å². The number of hydrogen-bond acceptors (Lipinski definition) is 4. The summed E-state index contributed by atoms with van der Waals surface area (Å²) in [5, 5.41) is 8.77. The minimum atomic E-state index is 0.517. The number of nitrogen functional groups attached to an aromatic ring is 1. The Kier molecular flexibility index (Phi) is 1.79.